The van der Waals surface area contributed by atoms with Crippen LogP contribution >= 0.6 is 0 Å². The molecule has 0 unspecified atom stereocenters. The van der Waals surface area contributed by atoms with Crippen molar-refractivity contribution < 1.29 is 37.1 Å². The molecule has 0 saturated carbocycles. The highest BCUT2D eigenvalue weighted by Crippen LogP contribution is 2.45. The van der Waals surface area contributed by atoms with Crippen molar-refractivity contribution in [2.75, 3.05) is 43.3 Å². The number of ether oxygens (including phenoxy) is 4. The predicted octanol–water partition coefficient (Wildman–Crippen LogP) is 3.88. The highest BCUT2D eigenvalue weighted by atomic mass is 32.2. The Morgan fingerprint density at radius 1 is 1.02 bits per heavy atom. The van der Waals surface area contributed by atoms with Crippen LogP contribution in [0.5, 0.6) is 11.6 Å². The van der Waals surface area contributed by atoms with Gasteiger partial charge in [-0.3, -0.25) is 14.9 Å². The van der Waals surface area contributed by atoms with E-state index in [9.17, 15) is 23.3 Å². The van der Waals surface area contributed by atoms with Crippen molar-refractivity contribution >= 4 is 49.7 Å². The van der Waals surface area contributed by atoms with Gasteiger partial charge in [0.05, 0.1) is 39.8 Å². The number of carbonyl (C=O) groups is 1. The molecule has 0 radical (unpaired) electrons. The average molecular weight is 677 g/mol. The fourth-order valence-corrected chi connectivity index (χ4v) is 7.98. The maximum absolute atomic E-state index is 13.9. The highest BCUT2D eigenvalue weighted by molar-refractivity contribution is 7.90. The second kappa shape index (κ2) is 11.9. The van der Waals surface area contributed by atoms with E-state index in [1.165, 1.54) is 12.1 Å². The van der Waals surface area contributed by atoms with Crippen LogP contribution in [0.15, 0.2) is 59.6 Å². The van der Waals surface area contributed by atoms with Gasteiger partial charge in [-0.25, -0.2) is 13.1 Å². The number of nitro benzene ring substituents is 1. The first-order valence-corrected chi connectivity index (χ1v) is 17.2. The monoisotopic (exact) mass is 676 g/mol. The standard InChI is InChI=1S/C32H32N6O9S/c39-31(36-48(42,43)20-14-25(38(40)41)29-27(15-20)46-16-22(34-29)18-6-10-44-11-7-18)21-3-1-2-4-23(21)37-24-8-12-45-17-28(24)47-32-26(37)13-19-5-9-33-30(19)35-32/h1-5,9,13-15,18,22,24,28,34H,6-8,10-12,16-17H2,(H,33,35)(H,36,39)/t22-,24-,28-/m0/s1. The number of amides is 1. The molecule has 0 spiro atoms. The number of aromatic amines is 1. The van der Waals surface area contributed by atoms with Crippen molar-refractivity contribution in [2.24, 2.45) is 5.92 Å². The second-order valence-electron chi connectivity index (χ2n) is 12.2. The number of nitrogens with one attached hydrogen (secondary N) is 3. The second-order valence-corrected chi connectivity index (χ2v) is 13.9. The largest absolute Gasteiger partial charge is 0.489 e. The van der Waals surface area contributed by atoms with E-state index < -0.39 is 31.4 Å². The summed E-state index contributed by atoms with van der Waals surface area (Å²) in [5, 5.41) is 16.2. The molecule has 0 aliphatic carbocycles. The minimum atomic E-state index is -4.59. The Morgan fingerprint density at radius 2 is 1.83 bits per heavy atom. The van der Waals surface area contributed by atoms with Crippen LogP contribution in [0.2, 0.25) is 0 Å². The molecular weight excluding hydrogens is 644 g/mol. The SMILES string of the molecule is O=C(NS(=O)(=O)c1cc2c(c([N+](=O)[O-])c1)N[C@H](C1CCOCC1)CO2)c1ccccc1N1c2cc3cc[nH]c3nc2O[C@H]2COCC[C@@H]21. The lowest BCUT2D eigenvalue weighted by atomic mass is 9.91. The molecule has 2 aromatic carbocycles. The molecule has 2 aromatic heterocycles. The Hall–Kier alpha value is -4.93. The molecule has 3 atom stereocenters. The van der Waals surface area contributed by atoms with Gasteiger partial charge in [-0.2, -0.15) is 4.98 Å². The molecule has 250 valence electrons. The van der Waals surface area contributed by atoms with Gasteiger partial charge in [0.25, 0.3) is 21.6 Å². The van der Waals surface area contributed by atoms with E-state index in [1.54, 1.807) is 24.4 Å². The first-order valence-electron chi connectivity index (χ1n) is 15.7. The van der Waals surface area contributed by atoms with E-state index in [4.69, 9.17) is 18.9 Å². The zero-order valence-electron chi connectivity index (χ0n) is 25.6. The van der Waals surface area contributed by atoms with Crippen molar-refractivity contribution in [1.29, 1.82) is 0 Å². The third-order valence-corrected chi connectivity index (χ3v) is 10.7. The molecular formula is C32H32N6O9S. The first-order chi connectivity index (χ1) is 23.3. The summed E-state index contributed by atoms with van der Waals surface area (Å²) in [6, 6.07) is 12.2. The number of para-hydroxylation sites is 1. The third-order valence-electron chi connectivity index (χ3n) is 9.38. The number of hydrogen-bond donors (Lipinski definition) is 3. The maximum atomic E-state index is 13.9. The fraction of sp³-hybridized carbons (Fsp3) is 0.375. The van der Waals surface area contributed by atoms with E-state index in [0.717, 1.165) is 24.3 Å². The van der Waals surface area contributed by atoms with Gasteiger partial charge < -0.3 is 34.1 Å². The molecule has 4 aromatic rings. The summed E-state index contributed by atoms with van der Waals surface area (Å²) < 4.78 is 52.8. The number of rotatable bonds is 6. The van der Waals surface area contributed by atoms with Crippen LogP contribution in [-0.4, -0.2) is 80.4 Å². The lowest BCUT2D eigenvalue weighted by Crippen LogP contribution is -2.53. The smallest absolute Gasteiger partial charge is 0.297 e. The van der Waals surface area contributed by atoms with Gasteiger partial charge in [-0.05, 0) is 49.4 Å². The van der Waals surface area contributed by atoms with Crippen molar-refractivity contribution in [1.82, 2.24) is 14.7 Å². The zero-order chi connectivity index (χ0) is 33.0. The summed E-state index contributed by atoms with van der Waals surface area (Å²) in [5.74, 6) is -0.334. The molecule has 16 heteroatoms. The number of carbonyl (C=O) groups excluding carboxylic acids is 1. The molecule has 4 aliphatic rings. The average Bonchev–Trinajstić information content (AvgIpc) is 3.56. The summed E-state index contributed by atoms with van der Waals surface area (Å²) in [6.07, 6.45) is 3.53. The number of hydrogen-bond acceptors (Lipinski definition) is 12. The fourth-order valence-electron chi connectivity index (χ4n) is 6.98. The van der Waals surface area contributed by atoms with Crippen molar-refractivity contribution in [3.63, 3.8) is 0 Å². The molecule has 3 N–H and O–H groups in total. The number of nitrogens with zero attached hydrogens (tertiary/aromatic N) is 3. The van der Waals surface area contributed by atoms with Crippen LogP contribution in [0.4, 0.5) is 22.7 Å². The highest BCUT2D eigenvalue weighted by Gasteiger charge is 2.42. The maximum Gasteiger partial charge on any atom is 0.297 e. The lowest BCUT2D eigenvalue weighted by Gasteiger charge is -2.45. The quantitative estimate of drug-likeness (QED) is 0.198. The molecule has 2 fully saturated rings. The number of aromatic nitrogens is 2. The molecule has 6 heterocycles. The van der Waals surface area contributed by atoms with Gasteiger partial charge in [0.15, 0.2) is 11.4 Å². The summed E-state index contributed by atoms with van der Waals surface area (Å²) in [4.78, 5) is 34.6. The van der Waals surface area contributed by atoms with Gasteiger partial charge in [0, 0.05) is 43.5 Å². The number of anilines is 3. The van der Waals surface area contributed by atoms with E-state index in [1.807, 2.05) is 17.0 Å². The van der Waals surface area contributed by atoms with E-state index in [0.29, 0.717) is 55.8 Å². The van der Waals surface area contributed by atoms with Gasteiger partial charge in [-0.1, -0.05) is 12.1 Å². The van der Waals surface area contributed by atoms with Crippen molar-refractivity contribution in [3.8, 4) is 11.6 Å². The number of sulfonamides is 1. The lowest BCUT2D eigenvalue weighted by molar-refractivity contribution is -0.384. The normalized spacial score (nSPS) is 22.3. The van der Waals surface area contributed by atoms with Gasteiger partial charge in [0.2, 0.25) is 5.88 Å². The summed E-state index contributed by atoms with van der Waals surface area (Å²) in [5.41, 5.74) is 1.45. The molecule has 1 amide bonds. The summed E-state index contributed by atoms with van der Waals surface area (Å²) >= 11 is 0. The van der Waals surface area contributed by atoms with Crippen LogP contribution in [0.3, 0.4) is 0 Å². The Balaban J connectivity index is 1.12. The predicted molar refractivity (Wildman–Crippen MR) is 173 cm³/mol. The molecule has 4 aliphatic heterocycles. The summed E-state index contributed by atoms with van der Waals surface area (Å²) in [6.45, 7) is 2.19. The molecule has 8 rings (SSSR count). The minimum Gasteiger partial charge on any atom is -0.489 e. The Morgan fingerprint density at radius 3 is 2.67 bits per heavy atom. The summed E-state index contributed by atoms with van der Waals surface area (Å²) in [7, 11) is -4.59. The molecule has 0 bridgehead atoms. The van der Waals surface area contributed by atoms with Crippen molar-refractivity contribution in [2.45, 2.75) is 42.3 Å². The Bertz CT molecular complexity index is 2030. The van der Waals surface area contributed by atoms with Crippen LogP contribution < -0.4 is 24.4 Å². The number of H-pyrrole nitrogens is 1. The molecule has 15 nitrogen and oxygen atoms in total. The van der Waals surface area contributed by atoms with E-state index in [2.05, 4.69) is 20.0 Å². The third kappa shape index (κ3) is 5.35. The number of pyridine rings is 1. The zero-order valence-corrected chi connectivity index (χ0v) is 26.4. The van der Waals surface area contributed by atoms with Gasteiger partial charge in [0.1, 0.15) is 24.0 Å². The minimum absolute atomic E-state index is 0.0276. The number of benzene rings is 2. The topological polar surface area (TPSA) is 187 Å². The van der Waals surface area contributed by atoms with Crippen LogP contribution in [0.25, 0.3) is 11.0 Å². The number of fused-ring (bicyclic) bond motifs is 4. The van der Waals surface area contributed by atoms with Gasteiger partial charge in [-0.15, -0.1) is 0 Å². The Kier molecular flexibility index (Phi) is 7.57. The van der Waals surface area contributed by atoms with Crippen LogP contribution in [0.1, 0.15) is 29.6 Å². The molecule has 2 saturated heterocycles. The first kappa shape index (κ1) is 30.4. The number of nitro groups is 1. The van der Waals surface area contributed by atoms with Gasteiger partial charge >= 0.3 is 0 Å². The Labute approximate surface area is 274 Å². The van der Waals surface area contributed by atoms with Crippen LogP contribution in [0, 0.1) is 16.0 Å². The van der Waals surface area contributed by atoms with Crippen molar-refractivity contribution in [3.05, 3.63) is 70.4 Å². The van der Waals surface area contributed by atoms with Crippen LogP contribution in [-0.2, 0) is 19.5 Å². The molecule has 48 heavy (non-hydrogen) atoms. The van der Waals surface area contributed by atoms with E-state index >= 15 is 0 Å². The van der Waals surface area contributed by atoms with E-state index in [-0.39, 0.29) is 47.7 Å².